The van der Waals surface area contributed by atoms with E-state index in [1.807, 2.05) is 0 Å². The monoisotopic (exact) mass is 217 g/mol. The maximum Gasteiger partial charge on any atom is 0.313 e. The van der Waals surface area contributed by atoms with Crippen molar-refractivity contribution < 1.29 is 13.9 Å². The average Bonchev–Trinajstić information content (AvgIpc) is 2.69. The third-order valence-corrected chi connectivity index (χ3v) is 2.85. The van der Waals surface area contributed by atoms with Crippen molar-refractivity contribution in [2.45, 2.75) is 51.9 Å². The Kier molecular flexibility index (Phi) is 5.02. The van der Waals surface area contributed by atoms with E-state index >= 15 is 0 Å². The van der Waals surface area contributed by atoms with E-state index in [0.29, 0.717) is 6.61 Å². The summed E-state index contributed by atoms with van der Waals surface area (Å²) >= 11 is 0. The van der Waals surface area contributed by atoms with Gasteiger partial charge in [0.05, 0.1) is 12.5 Å². The zero-order valence-electron chi connectivity index (χ0n) is 9.46. The molecule has 4 heteroatoms. The van der Waals surface area contributed by atoms with Crippen molar-refractivity contribution in [3.05, 3.63) is 0 Å². The lowest BCUT2D eigenvalue weighted by atomic mass is 10.1. The van der Waals surface area contributed by atoms with Gasteiger partial charge in [-0.3, -0.25) is 10.1 Å². The van der Waals surface area contributed by atoms with Crippen molar-refractivity contribution in [3.8, 4) is 0 Å². The number of halogens is 1. The van der Waals surface area contributed by atoms with Crippen LogP contribution < -0.4 is 5.32 Å². The second kappa shape index (κ2) is 6.05. The van der Waals surface area contributed by atoms with Crippen molar-refractivity contribution in [3.63, 3.8) is 0 Å². The molecule has 88 valence electrons. The summed E-state index contributed by atoms with van der Waals surface area (Å²) in [6, 6.07) is 0.233. The number of rotatable bonds is 5. The molecule has 15 heavy (non-hydrogen) atoms. The van der Waals surface area contributed by atoms with Crippen molar-refractivity contribution in [1.29, 1.82) is 0 Å². The minimum absolute atomic E-state index is 0.233. The zero-order chi connectivity index (χ0) is 11.3. The van der Waals surface area contributed by atoms with E-state index in [0.717, 1.165) is 25.7 Å². The van der Waals surface area contributed by atoms with Crippen LogP contribution in [0.25, 0.3) is 0 Å². The fraction of sp³-hybridized carbons (Fsp3) is 0.909. The summed E-state index contributed by atoms with van der Waals surface area (Å²) in [4.78, 5) is 11.3. The molecule has 0 radical (unpaired) electrons. The van der Waals surface area contributed by atoms with Gasteiger partial charge in [-0.15, -0.1) is 0 Å². The van der Waals surface area contributed by atoms with Gasteiger partial charge in [-0.1, -0.05) is 12.8 Å². The van der Waals surface area contributed by atoms with Crippen LogP contribution in [0.2, 0.25) is 0 Å². The molecular weight excluding hydrogens is 197 g/mol. The highest BCUT2D eigenvalue weighted by molar-refractivity contribution is 5.72. The molecule has 0 aliphatic heterocycles. The number of alkyl halides is 1. The predicted octanol–water partition coefficient (Wildman–Crippen LogP) is 2.01. The topological polar surface area (TPSA) is 38.3 Å². The van der Waals surface area contributed by atoms with Gasteiger partial charge in [0.25, 0.3) is 0 Å². The van der Waals surface area contributed by atoms with Crippen molar-refractivity contribution in [2.24, 2.45) is 5.92 Å². The lowest BCUT2D eigenvalue weighted by molar-refractivity contribution is -0.150. The van der Waals surface area contributed by atoms with Gasteiger partial charge >= 0.3 is 5.97 Å². The van der Waals surface area contributed by atoms with Gasteiger partial charge < -0.3 is 4.74 Å². The number of carbonyl (C=O) groups excluding carboxylic acids is 1. The molecule has 1 rings (SSSR count). The molecule has 0 spiro atoms. The average molecular weight is 217 g/mol. The molecule has 0 heterocycles. The maximum atomic E-state index is 13.6. The first-order chi connectivity index (χ1) is 7.15. The number of nitrogens with one attached hydrogen (secondary N) is 1. The third kappa shape index (κ3) is 3.78. The van der Waals surface area contributed by atoms with Crippen LogP contribution in [0.15, 0.2) is 0 Å². The second-order valence-electron chi connectivity index (χ2n) is 4.09. The van der Waals surface area contributed by atoms with Crippen LogP contribution in [0.5, 0.6) is 0 Å². The summed E-state index contributed by atoms with van der Waals surface area (Å²) in [6.45, 7) is 3.59. The van der Waals surface area contributed by atoms with Gasteiger partial charge in [0.2, 0.25) is 0 Å². The number of hydrogen-bond acceptors (Lipinski definition) is 3. The van der Waals surface area contributed by atoms with Crippen LogP contribution >= 0.6 is 0 Å². The van der Waals surface area contributed by atoms with E-state index in [1.54, 1.807) is 13.8 Å². The SMILES string of the molecule is CCOC(=O)C(C)C(F)NC1CCCC1. The summed E-state index contributed by atoms with van der Waals surface area (Å²) in [5.74, 6) is -1.18. The van der Waals surface area contributed by atoms with Crippen LogP contribution in [0.3, 0.4) is 0 Å². The Hall–Kier alpha value is -0.640. The van der Waals surface area contributed by atoms with Crippen molar-refractivity contribution >= 4 is 5.97 Å². The van der Waals surface area contributed by atoms with Crippen molar-refractivity contribution in [2.75, 3.05) is 6.61 Å². The number of hydrogen-bond donors (Lipinski definition) is 1. The molecule has 0 amide bonds. The number of esters is 1. The Bertz CT molecular complexity index is 205. The Morgan fingerprint density at radius 2 is 2.13 bits per heavy atom. The molecule has 1 aliphatic rings. The van der Waals surface area contributed by atoms with Gasteiger partial charge in [0.15, 0.2) is 6.30 Å². The Balaban J connectivity index is 2.31. The molecule has 0 aromatic rings. The fourth-order valence-electron chi connectivity index (χ4n) is 1.86. The summed E-state index contributed by atoms with van der Waals surface area (Å²) in [6.07, 6.45) is 3.04. The predicted molar refractivity (Wildman–Crippen MR) is 56.1 cm³/mol. The maximum absolute atomic E-state index is 13.6. The van der Waals surface area contributed by atoms with Gasteiger partial charge in [-0.25, -0.2) is 4.39 Å². The summed E-state index contributed by atoms with van der Waals surface area (Å²) < 4.78 is 18.4. The standard InChI is InChI=1S/C11H20FNO2/c1-3-15-11(14)8(2)10(12)13-9-6-4-5-7-9/h8-10,13H,3-7H2,1-2H3. The molecule has 0 aromatic heterocycles. The van der Waals surface area contributed by atoms with Crippen LogP contribution in [0.4, 0.5) is 4.39 Å². The first-order valence-electron chi connectivity index (χ1n) is 5.72. The first-order valence-corrected chi connectivity index (χ1v) is 5.72. The molecule has 3 nitrogen and oxygen atoms in total. The molecule has 2 atom stereocenters. The van der Waals surface area contributed by atoms with E-state index < -0.39 is 18.2 Å². The van der Waals surface area contributed by atoms with Crippen LogP contribution in [-0.2, 0) is 9.53 Å². The smallest absolute Gasteiger partial charge is 0.313 e. The Morgan fingerprint density at radius 1 is 1.53 bits per heavy atom. The van der Waals surface area contributed by atoms with Crippen LogP contribution in [0, 0.1) is 5.92 Å². The van der Waals surface area contributed by atoms with E-state index in [1.165, 1.54) is 0 Å². The van der Waals surface area contributed by atoms with Crippen LogP contribution in [-0.4, -0.2) is 24.9 Å². The molecule has 1 aliphatic carbocycles. The molecule has 0 bridgehead atoms. The molecular formula is C11H20FNO2. The highest BCUT2D eigenvalue weighted by Gasteiger charge is 2.27. The molecule has 1 fully saturated rings. The third-order valence-electron chi connectivity index (χ3n) is 2.85. The van der Waals surface area contributed by atoms with E-state index in [2.05, 4.69) is 5.32 Å². The minimum Gasteiger partial charge on any atom is -0.466 e. The fourth-order valence-corrected chi connectivity index (χ4v) is 1.86. The molecule has 0 saturated heterocycles. The molecule has 2 unspecified atom stereocenters. The van der Waals surface area contributed by atoms with Gasteiger partial charge in [0, 0.05) is 6.04 Å². The Morgan fingerprint density at radius 3 is 2.67 bits per heavy atom. The zero-order valence-corrected chi connectivity index (χ0v) is 9.46. The first kappa shape index (κ1) is 12.4. The quantitative estimate of drug-likeness (QED) is 0.565. The highest BCUT2D eigenvalue weighted by Crippen LogP contribution is 2.20. The lowest BCUT2D eigenvalue weighted by Crippen LogP contribution is -2.41. The van der Waals surface area contributed by atoms with E-state index in [9.17, 15) is 9.18 Å². The van der Waals surface area contributed by atoms with Gasteiger partial charge in [-0.2, -0.15) is 0 Å². The minimum atomic E-state index is -1.29. The lowest BCUT2D eigenvalue weighted by Gasteiger charge is -2.20. The van der Waals surface area contributed by atoms with Crippen LogP contribution in [0.1, 0.15) is 39.5 Å². The molecule has 1 N–H and O–H groups in total. The van der Waals surface area contributed by atoms with E-state index in [-0.39, 0.29) is 6.04 Å². The van der Waals surface area contributed by atoms with Gasteiger partial charge in [-0.05, 0) is 26.7 Å². The summed E-state index contributed by atoms with van der Waals surface area (Å²) in [5, 5.41) is 2.85. The Labute approximate surface area is 90.4 Å². The van der Waals surface area contributed by atoms with Gasteiger partial charge in [0.1, 0.15) is 0 Å². The number of carbonyl (C=O) groups is 1. The molecule has 0 aromatic carbocycles. The molecule has 1 saturated carbocycles. The van der Waals surface area contributed by atoms with E-state index in [4.69, 9.17) is 4.74 Å². The summed E-state index contributed by atoms with van der Waals surface area (Å²) in [5.41, 5.74) is 0. The largest absolute Gasteiger partial charge is 0.466 e. The highest BCUT2D eigenvalue weighted by atomic mass is 19.1. The van der Waals surface area contributed by atoms with Crippen molar-refractivity contribution in [1.82, 2.24) is 5.32 Å². The number of ether oxygens (including phenoxy) is 1. The normalized spacial score (nSPS) is 21.3. The summed E-state index contributed by atoms with van der Waals surface area (Å²) in [7, 11) is 0. The second-order valence-corrected chi connectivity index (χ2v) is 4.09.